The SMILES string of the molecule is CCOC(=O)c1ccc2c(c1)N(C(=O)c1ccccc1)Cc1ccc(OC)cc1O2. The molecule has 0 radical (unpaired) electrons. The van der Waals surface area contributed by atoms with Gasteiger partial charge in [0.1, 0.15) is 11.5 Å². The Morgan fingerprint density at radius 2 is 1.77 bits per heavy atom. The second-order valence-electron chi connectivity index (χ2n) is 6.74. The van der Waals surface area contributed by atoms with Gasteiger partial charge in [0.25, 0.3) is 5.91 Å². The number of hydrogen-bond donors (Lipinski definition) is 0. The van der Waals surface area contributed by atoms with Gasteiger partial charge in [-0.2, -0.15) is 0 Å². The molecule has 152 valence electrons. The summed E-state index contributed by atoms with van der Waals surface area (Å²) in [5.41, 5.74) is 2.23. The summed E-state index contributed by atoms with van der Waals surface area (Å²) in [6, 6.07) is 19.4. The molecule has 0 atom stereocenters. The maximum absolute atomic E-state index is 13.4. The molecule has 1 heterocycles. The lowest BCUT2D eigenvalue weighted by Gasteiger charge is -2.22. The highest BCUT2D eigenvalue weighted by molar-refractivity contribution is 6.07. The first-order valence-electron chi connectivity index (χ1n) is 9.63. The Labute approximate surface area is 174 Å². The van der Waals surface area contributed by atoms with E-state index in [-0.39, 0.29) is 19.1 Å². The molecule has 0 aliphatic carbocycles. The smallest absolute Gasteiger partial charge is 0.338 e. The fraction of sp³-hybridized carbons (Fsp3) is 0.167. The number of methoxy groups -OCH3 is 1. The van der Waals surface area contributed by atoms with Crippen molar-refractivity contribution in [2.24, 2.45) is 0 Å². The molecule has 30 heavy (non-hydrogen) atoms. The summed E-state index contributed by atoms with van der Waals surface area (Å²) in [6.45, 7) is 2.30. The van der Waals surface area contributed by atoms with Crippen molar-refractivity contribution in [3.05, 3.63) is 83.4 Å². The summed E-state index contributed by atoms with van der Waals surface area (Å²) in [7, 11) is 1.59. The monoisotopic (exact) mass is 403 g/mol. The summed E-state index contributed by atoms with van der Waals surface area (Å²) in [6.07, 6.45) is 0. The van der Waals surface area contributed by atoms with Crippen LogP contribution in [0, 0.1) is 0 Å². The number of amides is 1. The fourth-order valence-electron chi connectivity index (χ4n) is 3.34. The van der Waals surface area contributed by atoms with Crippen LogP contribution in [0.15, 0.2) is 66.7 Å². The van der Waals surface area contributed by atoms with Gasteiger partial charge < -0.3 is 19.1 Å². The Balaban J connectivity index is 1.83. The lowest BCUT2D eigenvalue weighted by molar-refractivity contribution is 0.0526. The maximum atomic E-state index is 13.4. The second kappa shape index (κ2) is 8.29. The zero-order valence-corrected chi connectivity index (χ0v) is 16.8. The van der Waals surface area contributed by atoms with Crippen LogP contribution in [0.2, 0.25) is 0 Å². The number of anilines is 1. The van der Waals surface area contributed by atoms with Crippen molar-refractivity contribution < 1.29 is 23.8 Å². The minimum absolute atomic E-state index is 0.190. The highest BCUT2D eigenvalue weighted by atomic mass is 16.5. The molecule has 0 fully saturated rings. The Morgan fingerprint density at radius 1 is 0.967 bits per heavy atom. The van der Waals surface area contributed by atoms with Gasteiger partial charge in [-0.3, -0.25) is 4.79 Å². The average Bonchev–Trinajstić information content (AvgIpc) is 2.94. The summed E-state index contributed by atoms with van der Waals surface area (Å²) >= 11 is 0. The number of ether oxygens (including phenoxy) is 3. The van der Waals surface area contributed by atoms with Crippen LogP contribution in [0.4, 0.5) is 5.69 Å². The first-order chi connectivity index (χ1) is 14.6. The number of rotatable bonds is 4. The number of benzene rings is 3. The van der Waals surface area contributed by atoms with Crippen LogP contribution in [-0.2, 0) is 11.3 Å². The maximum Gasteiger partial charge on any atom is 0.338 e. The molecule has 0 aromatic heterocycles. The number of carbonyl (C=O) groups is 2. The topological polar surface area (TPSA) is 65.1 Å². The summed E-state index contributed by atoms with van der Waals surface area (Å²) in [5, 5.41) is 0. The van der Waals surface area contributed by atoms with Crippen LogP contribution in [0.25, 0.3) is 0 Å². The molecule has 1 aliphatic heterocycles. The number of carbonyl (C=O) groups excluding carboxylic acids is 2. The third-order valence-corrected chi connectivity index (χ3v) is 4.85. The van der Waals surface area contributed by atoms with Gasteiger partial charge in [0, 0.05) is 17.2 Å². The van der Waals surface area contributed by atoms with Gasteiger partial charge in [0.2, 0.25) is 0 Å². The largest absolute Gasteiger partial charge is 0.497 e. The molecule has 0 N–H and O–H groups in total. The predicted molar refractivity (Wildman–Crippen MR) is 112 cm³/mol. The van der Waals surface area contributed by atoms with E-state index >= 15 is 0 Å². The molecule has 0 saturated carbocycles. The van der Waals surface area contributed by atoms with Crippen molar-refractivity contribution in [3.8, 4) is 17.2 Å². The van der Waals surface area contributed by atoms with Crippen molar-refractivity contribution in [2.45, 2.75) is 13.5 Å². The zero-order valence-electron chi connectivity index (χ0n) is 16.8. The van der Waals surface area contributed by atoms with E-state index in [1.165, 1.54) is 0 Å². The Kier molecular flexibility index (Phi) is 5.39. The molecule has 3 aromatic carbocycles. The molecule has 1 aliphatic rings. The Hall–Kier alpha value is -3.80. The molecule has 0 spiro atoms. The van der Waals surface area contributed by atoms with E-state index in [2.05, 4.69) is 0 Å². The molecule has 6 nitrogen and oxygen atoms in total. The number of esters is 1. The van der Waals surface area contributed by atoms with Crippen molar-refractivity contribution in [1.82, 2.24) is 0 Å². The predicted octanol–water partition coefficient (Wildman–Crippen LogP) is 4.82. The van der Waals surface area contributed by atoms with E-state index < -0.39 is 5.97 Å². The first kappa shape index (κ1) is 19.5. The van der Waals surface area contributed by atoms with Gasteiger partial charge in [0.15, 0.2) is 5.75 Å². The van der Waals surface area contributed by atoms with E-state index in [1.807, 2.05) is 30.3 Å². The lowest BCUT2D eigenvalue weighted by Crippen LogP contribution is -2.30. The summed E-state index contributed by atoms with van der Waals surface area (Å²) in [5.74, 6) is 1.09. The molecule has 0 saturated heterocycles. The average molecular weight is 403 g/mol. The van der Waals surface area contributed by atoms with Gasteiger partial charge in [-0.15, -0.1) is 0 Å². The van der Waals surface area contributed by atoms with Gasteiger partial charge in [-0.25, -0.2) is 4.79 Å². The van der Waals surface area contributed by atoms with Crippen LogP contribution < -0.4 is 14.4 Å². The molecule has 6 heteroatoms. The van der Waals surface area contributed by atoms with E-state index in [9.17, 15) is 9.59 Å². The zero-order chi connectivity index (χ0) is 21.1. The standard InChI is InChI=1S/C24H21NO5/c1-3-29-24(27)17-10-12-21-20(13-17)25(23(26)16-7-5-4-6-8-16)15-18-9-11-19(28-2)14-22(18)30-21/h4-14H,3,15H2,1-2H3. The number of nitrogens with zero attached hydrogens (tertiary/aromatic N) is 1. The molecule has 3 aromatic rings. The highest BCUT2D eigenvalue weighted by Crippen LogP contribution is 2.41. The van der Waals surface area contributed by atoms with Gasteiger partial charge >= 0.3 is 5.97 Å². The molecule has 4 rings (SSSR count). The third kappa shape index (κ3) is 3.72. The number of fused-ring (bicyclic) bond motifs is 2. The minimum Gasteiger partial charge on any atom is -0.497 e. The van der Waals surface area contributed by atoms with Crippen LogP contribution in [0.3, 0.4) is 0 Å². The van der Waals surface area contributed by atoms with Crippen LogP contribution in [0.1, 0.15) is 33.2 Å². The van der Waals surface area contributed by atoms with Crippen molar-refractivity contribution in [2.75, 3.05) is 18.6 Å². The van der Waals surface area contributed by atoms with Gasteiger partial charge in [0.05, 0.1) is 31.5 Å². The van der Waals surface area contributed by atoms with Gasteiger partial charge in [-0.05, 0) is 49.4 Å². The normalized spacial score (nSPS) is 12.1. The Morgan fingerprint density at radius 3 is 2.50 bits per heavy atom. The minimum atomic E-state index is -0.448. The first-order valence-corrected chi connectivity index (χ1v) is 9.63. The lowest BCUT2D eigenvalue weighted by atomic mass is 10.1. The third-order valence-electron chi connectivity index (χ3n) is 4.85. The molecular formula is C24H21NO5. The second-order valence-corrected chi connectivity index (χ2v) is 6.74. The van der Waals surface area contributed by atoms with E-state index in [0.29, 0.717) is 34.1 Å². The Bertz CT molecular complexity index is 1090. The van der Waals surface area contributed by atoms with Crippen molar-refractivity contribution in [1.29, 1.82) is 0 Å². The number of hydrogen-bond acceptors (Lipinski definition) is 5. The molecule has 0 bridgehead atoms. The van der Waals surface area contributed by atoms with E-state index in [1.54, 1.807) is 55.3 Å². The van der Waals surface area contributed by atoms with Crippen molar-refractivity contribution >= 4 is 17.6 Å². The molecule has 0 unspecified atom stereocenters. The molecular weight excluding hydrogens is 382 g/mol. The fourth-order valence-corrected chi connectivity index (χ4v) is 3.34. The summed E-state index contributed by atoms with van der Waals surface area (Å²) < 4.78 is 16.6. The quantitative estimate of drug-likeness (QED) is 0.584. The highest BCUT2D eigenvalue weighted by Gasteiger charge is 2.28. The summed E-state index contributed by atoms with van der Waals surface area (Å²) in [4.78, 5) is 27.3. The van der Waals surface area contributed by atoms with E-state index in [4.69, 9.17) is 14.2 Å². The van der Waals surface area contributed by atoms with Crippen LogP contribution in [-0.4, -0.2) is 25.6 Å². The van der Waals surface area contributed by atoms with Crippen molar-refractivity contribution in [3.63, 3.8) is 0 Å². The van der Waals surface area contributed by atoms with E-state index in [0.717, 1.165) is 5.56 Å². The van der Waals surface area contributed by atoms with Gasteiger partial charge in [-0.1, -0.05) is 18.2 Å². The molecule has 1 amide bonds. The van der Waals surface area contributed by atoms with Crippen LogP contribution >= 0.6 is 0 Å². The van der Waals surface area contributed by atoms with Crippen LogP contribution in [0.5, 0.6) is 17.2 Å².